The van der Waals surface area contributed by atoms with Gasteiger partial charge in [0.1, 0.15) is 24.2 Å². The third kappa shape index (κ3) is 4.24. The number of rotatable bonds is 5. The first-order valence-electron chi connectivity index (χ1n) is 12.6. The van der Waals surface area contributed by atoms with E-state index >= 15 is 0 Å². The molecule has 3 aliphatic heterocycles. The second-order valence-corrected chi connectivity index (χ2v) is 10.5. The highest BCUT2D eigenvalue weighted by Gasteiger charge is 2.41. The first-order chi connectivity index (χ1) is 17.5. The molecule has 1 aromatic carbocycles. The highest BCUT2D eigenvalue weighted by Crippen LogP contribution is 2.37. The third-order valence-electron chi connectivity index (χ3n) is 7.91. The Morgan fingerprint density at radius 3 is 2.72 bits per heavy atom. The summed E-state index contributed by atoms with van der Waals surface area (Å²) in [6, 6.07) is 5.30. The monoisotopic (exact) mass is 509 g/mol. The van der Waals surface area contributed by atoms with E-state index in [0.29, 0.717) is 35.5 Å². The van der Waals surface area contributed by atoms with Gasteiger partial charge in [0.15, 0.2) is 0 Å². The summed E-state index contributed by atoms with van der Waals surface area (Å²) in [7, 11) is 0. The predicted molar refractivity (Wildman–Crippen MR) is 131 cm³/mol. The number of carbonyl (C=O) groups is 3. The number of ether oxygens (including phenoxy) is 1. The van der Waals surface area contributed by atoms with Crippen LogP contribution in [0.5, 0.6) is 5.75 Å². The number of fused-ring (bicyclic) bond motifs is 1. The molecule has 2 aromatic rings. The van der Waals surface area contributed by atoms with Crippen molar-refractivity contribution < 1.29 is 19.1 Å². The van der Waals surface area contributed by atoms with E-state index < -0.39 is 11.9 Å². The van der Waals surface area contributed by atoms with Crippen LogP contribution in [0.1, 0.15) is 66.1 Å². The topological polar surface area (TPSA) is 105 Å². The lowest BCUT2D eigenvalue weighted by Gasteiger charge is -2.48. The third-order valence-corrected chi connectivity index (χ3v) is 8.20. The van der Waals surface area contributed by atoms with E-state index in [0.717, 1.165) is 49.4 Å². The summed E-state index contributed by atoms with van der Waals surface area (Å²) in [6.45, 7) is 2.15. The molecule has 9 nitrogen and oxygen atoms in total. The van der Waals surface area contributed by atoms with Gasteiger partial charge in [-0.3, -0.25) is 24.6 Å². The van der Waals surface area contributed by atoms with Crippen molar-refractivity contribution >= 4 is 29.3 Å². The van der Waals surface area contributed by atoms with Crippen LogP contribution in [0.3, 0.4) is 0 Å². The van der Waals surface area contributed by atoms with Crippen molar-refractivity contribution in [3.05, 3.63) is 52.6 Å². The number of likely N-dealkylation sites (tertiary alicyclic amines) is 1. The van der Waals surface area contributed by atoms with Crippen LogP contribution < -0.4 is 10.1 Å². The maximum Gasteiger partial charge on any atom is 0.255 e. The lowest BCUT2D eigenvalue weighted by molar-refractivity contribution is -0.136. The van der Waals surface area contributed by atoms with Crippen LogP contribution in [0.4, 0.5) is 0 Å². The van der Waals surface area contributed by atoms with Crippen LogP contribution in [0.15, 0.2) is 30.7 Å². The van der Waals surface area contributed by atoms with E-state index in [2.05, 4.69) is 20.2 Å². The zero-order valence-corrected chi connectivity index (χ0v) is 20.6. The Morgan fingerprint density at radius 1 is 1.08 bits per heavy atom. The quantitative estimate of drug-likeness (QED) is 0.618. The van der Waals surface area contributed by atoms with Crippen LogP contribution >= 0.6 is 11.6 Å². The summed E-state index contributed by atoms with van der Waals surface area (Å²) in [4.78, 5) is 49.2. The molecule has 3 amide bonds. The molecule has 188 valence electrons. The van der Waals surface area contributed by atoms with Gasteiger partial charge in [-0.15, -0.1) is 0 Å². The Labute approximate surface area is 214 Å². The van der Waals surface area contributed by atoms with Crippen molar-refractivity contribution in [3.63, 3.8) is 0 Å². The summed E-state index contributed by atoms with van der Waals surface area (Å²) in [6.07, 6.45) is 8.25. The first kappa shape index (κ1) is 23.4. The summed E-state index contributed by atoms with van der Waals surface area (Å²) in [5, 5.41) is 2.97. The number of carbonyl (C=O) groups excluding carboxylic acids is 3. The molecule has 3 atom stereocenters. The minimum Gasteiger partial charge on any atom is -0.489 e. The Hall–Kier alpha value is -3.04. The number of nitrogens with one attached hydrogen (secondary N) is 1. The highest BCUT2D eigenvalue weighted by molar-refractivity contribution is 6.31. The molecule has 1 N–H and O–H groups in total. The number of amides is 3. The number of halogens is 1. The standard InChI is InChI=1S/C26H28ClN5O4/c27-19-10-28-14-29-24(19)16-11-31(12-16)20-3-1-2-4-22(20)36-17-5-6-18-15(9-17)13-32(26(18)35)21-7-8-23(33)30-25(21)34/h5-6,9-10,14,16,20-22H,1-4,7-8,11-13H2,(H,30,33,34)/t20-,21+,22+/m1/s1. The zero-order valence-electron chi connectivity index (χ0n) is 19.9. The van der Waals surface area contributed by atoms with Gasteiger partial charge in [-0.25, -0.2) is 9.97 Å². The Balaban J connectivity index is 1.12. The SMILES string of the molecule is O=C1CC[C@H](N2Cc3cc(O[C@H]4CCCC[C@H]4N4CC(c5ncncc5Cl)C4)ccc3C2=O)C(=O)N1. The van der Waals surface area contributed by atoms with Gasteiger partial charge >= 0.3 is 0 Å². The molecular weight excluding hydrogens is 482 g/mol. The largest absolute Gasteiger partial charge is 0.489 e. The molecule has 4 aliphatic rings. The molecule has 3 fully saturated rings. The number of piperidine rings is 1. The molecule has 1 aromatic heterocycles. The second-order valence-electron chi connectivity index (χ2n) is 10.1. The summed E-state index contributed by atoms with van der Waals surface area (Å²) in [5.74, 6) is 0.209. The van der Waals surface area contributed by atoms with Crippen LogP contribution in [0, 0.1) is 0 Å². The van der Waals surface area contributed by atoms with Gasteiger partial charge < -0.3 is 9.64 Å². The van der Waals surface area contributed by atoms with Crippen molar-refractivity contribution in [2.45, 2.75) is 69.2 Å². The van der Waals surface area contributed by atoms with Gasteiger partial charge in [0, 0.05) is 49.8 Å². The van der Waals surface area contributed by atoms with Crippen molar-refractivity contribution in [2.75, 3.05) is 13.1 Å². The fraction of sp³-hybridized carbons (Fsp3) is 0.500. The first-order valence-corrected chi connectivity index (χ1v) is 13.0. The number of hydrogen-bond acceptors (Lipinski definition) is 7. The second kappa shape index (κ2) is 9.44. The number of nitrogens with zero attached hydrogens (tertiary/aromatic N) is 4. The van der Waals surface area contributed by atoms with Gasteiger partial charge in [-0.2, -0.15) is 0 Å². The average Bonchev–Trinajstić information content (AvgIpc) is 3.16. The Kier molecular flexibility index (Phi) is 6.13. The minimum absolute atomic E-state index is 0.0713. The van der Waals surface area contributed by atoms with Gasteiger partial charge in [-0.05, 0) is 49.4 Å². The molecule has 10 heteroatoms. The normalized spacial score (nSPS) is 27.0. The fourth-order valence-electron chi connectivity index (χ4n) is 6.01. The van der Waals surface area contributed by atoms with Crippen molar-refractivity contribution in [3.8, 4) is 5.75 Å². The fourth-order valence-corrected chi connectivity index (χ4v) is 6.27. The van der Waals surface area contributed by atoms with E-state index in [1.807, 2.05) is 12.1 Å². The summed E-state index contributed by atoms with van der Waals surface area (Å²) in [5.41, 5.74) is 2.37. The highest BCUT2D eigenvalue weighted by atomic mass is 35.5. The summed E-state index contributed by atoms with van der Waals surface area (Å²) < 4.78 is 6.52. The van der Waals surface area contributed by atoms with Gasteiger partial charge in [0.2, 0.25) is 11.8 Å². The Bertz CT molecular complexity index is 1220. The molecule has 2 saturated heterocycles. The molecule has 36 heavy (non-hydrogen) atoms. The number of aromatic nitrogens is 2. The minimum atomic E-state index is -0.613. The average molecular weight is 510 g/mol. The molecule has 0 radical (unpaired) electrons. The predicted octanol–water partition coefficient (Wildman–Crippen LogP) is 2.68. The smallest absolute Gasteiger partial charge is 0.255 e. The van der Waals surface area contributed by atoms with E-state index in [-0.39, 0.29) is 24.3 Å². The van der Waals surface area contributed by atoms with Crippen LogP contribution in [0.2, 0.25) is 5.02 Å². The summed E-state index contributed by atoms with van der Waals surface area (Å²) >= 11 is 6.30. The number of imide groups is 1. The lowest BCUT2D eigenvalue weighted by Crippen LogP contribution is -2.57. The molecule has 1 aliphatic carbocycles. The van der Waals surface area contributed by atoms with Gasteiger partial charge in [0.05, 0.1) is 10.7 Å². The number of benzene rings is 1. The van der Waals surface area contributed by atoms with E-state index in [4.69, 9.17) is 16.3 Å². The lowest BCUT2D eigenvalue weighted by atomic mass is 9.85. The van der Waals surface area contributed by atoms with Crippen LogP contribution in [0.25, 0.3) is 0 Å². The van der Waals surface area contributed by atoms with Crippen molar-refractivity contribution in [1.82, 2.24) is 25.1 Å². The van der Waals surface area contributed by atoms with Gasteiger partial charge in [0.25, 0.3) is 5.91 Å². The van der Waals surface area contributed by atoms with Crippen molar-refractivity contribution in [2.24, 2.45) is 0 Å². The van der Waals surface area contributed by atoms with E-state index in [1.165, 1.54) is 6.42 Å². The molecule has 4 heterocycles. The van der Waals surface area contributed by atoms with Crippen LogP contribution in [-0.2, 0) is 16.1 Å². The van der Waals surface area contributed by atoms with Crippen molar-refractivity contribution in [1.29, 1.82) is 0 Å². The molecular formula is C26H28ClN5O4. The maximum atomic E-state index is 13.0. The molecule has 0 unspecified atom stereocenters. The molecule has 1 saturated carbocycles. The van der Waals surface area contributed by atoms with Crippen LogP contribution in [-0.4, -0.2) is 68.8 Å². The van der Waals surface area contributed by atoms with E-state index in [1.54, 1.807) is 23.5 Å². The molecule has 0 spiro atoms. The number of hydrogen-bond donors (Lipinski definition) is 1. The van der Waals surface area contributed by atoms with E-state index in [9.17, 15) is 14.4 Å². The molecule has 0 bridgehead atoms. The molecule has 6 rings (SSSR count). The zero-order chi connectivity index (χ0) is 24.8. The Morgan fingerprint density at radius 2 is 1.92 bits per heavy atom. The van der Waals surface area contributed by atoms with Gasteiger partial charge in [-0.1, -0.05) is 18.0 Å². The maximum absolute atomic E-state index is 13.0.